The van der Waals surface area contributed by atoms with Gasteiger partial charge < -0.3 is 20.9 Å². The summed E-state index contributed by atoms with van der Waals surface area (Å²) in [5, 5.41) is 3.30. The van der Waals surface area contributed by atoms with Crippen LogP contribution in [-0.2, 0) is 0 Å². The fourth-order valence-corrected chi connectivity index (χ4v) is 3.45. The predicted molar refractivity (Wildman–Crippen MR) is 112 cm³/mol. The molecule has 3 aromatic rings. The first-order chi connectivity index (χ1) is 13.6. The van der Waals surface area contributed by atoms with E-state index in [2.05, 4.69) is 25.1 Å². The molecule has 3 N–H and O–H groups in total. The van der Waals surface area contributed by atoms with E-state index in [-0.39, 0.29) is 5.82 Å². The summed E-state index contributed by atoms with van der Waals surface area (Å²) in [5.74, 6) is 1.11. The molecule has 1 aliphatic heterocycles. The van der Waals surface area contributed by atoms with Crippen molar-refractivity contribution in [3.05, 3.63) is 66.2 Å². The fraction of sp³-hybridized carbons (Fsp3) is 0.238. The average molecular weight is 378 g/mol. The van der Waals surface area contributed by atoms with E-state index in [0.29, 0.717) is 49.2 Å². The zero-order valence-corrected chi connectivity index (χ0v) is 15.8. The molecular formula is C21H23FN6. The zero-order valence-electron chi connectivity index (χ0n) is 15.8. The van der Waals surface area contributed by atoms with E-state index in [1.54, 1.807) is 6.07 Å². The third-order valence-electron chi connectivity index (χ3n) is 5.03. The van der Waals surface area contributed by atoms with Crippen molar-refractivity contribution >= 4 is 28.7 Å². The van der Waals surface area contributed by atoms with Crippen LogP contribution in [0, 0.1) is 12.7 Å². The van der Waals surface area contributed by atoms with Gasteiger partial charge in [0.25, 0.3) is 0 Å². The largest absolute Gasteiger partial charge is 0.393 e. The Bertz CT molecular complexity index is 969. The van der Waals surface area contributed by atoms with Crippen LogP contribution in [0.2, 0.25) is 0 Å². The van der Waals surface area contributed by atoms with Crippen molar-refractivity contribution in [2.45, 2.75) is 6.92 Å². The third-order valence-corrected chi connectivity index (χ3v) is 5.03. The Labute approximate surface area is 163 Å². The normalized spacial score (nSPS) is 14.2. The van der Waals surface area contributed by atoms with Crippen molar-refractivity contribution in [1.29, 1.82) is 0 Å². The Morgan fingerprint density at radius 3 is 2.36 bits per heavy atom. The number of hydrogen-bond acceptors (Lipinski definition) is 6. The maximum absolute atomic E-state index is 14.0. The van der Waals surface area contributed by atoms with Crippen molar-refractivity contribution in [1.82, 2.24) is 9.97 Å². The van der Waals surface area contributed by atoms with Gasteiger partial charge in [-0.15, -0.1) is 0 Å². The van der Waals surface area contributed by atoms with Gasteiger partial charge in [0.15, 0.2) is 11.6 Å². The van der Waals surface area contributed by atoms with Crippen LogP contribution in [0.3, 0.4) is 0 Å². The lowest BCUT2D eigenvalue weighted by Crippen LogP contribution is -2.47. The number of nitrogen functional groups attached to an aromatic ring is 1. The summed E-state index contributed by atoms with van der Waals surface area (Å²) in [6.45, 7) is 4.84. The van der Waals surface area contributed by atoms with Gasteiger partial charge in [-0.2, -0.15) is 0 Å². The number of anilines is 5. The Morgan fingerprint density at radius 2 is 1.61 bits per heavy atom. The number of aromatic nitrogens is 2. The SMILES string of the molecule is Cc1ccccc1Nc1ncnc(N2CCN(c3ccccc3F)CC2)c1N. The van der Waals surface area contributed by atoms with Crippen molar-refractivity contribution < 1.29 is 4.39 Å². The van der Waals surface area contributed by atoms with Crippen LogP contribution >= 0.6 is 0 Å². The van der Waals surface area contributed by atoms with Gasteiger partial charge in [-0.05, 0) is 30.7 Å². The Hall–Kier alpha value is -3.35. The Morgan fingerprint density at radius 1 is 0.929 bits per heavy atom. The van der Waals surface area contributed by atoms with Crippen LogP contribution < -0.4 is 20.9 Å². The predicted octanol–water partition coefficient (Wildman–Crippen LogP) is 3.58. The van der Waals surface area contributed by atoms with Crippen LogP contribution in [0.5, 0.6) is 0 Å². The van der Waals surface area contributed by atoms with Gasteiger partial charge in [0.1, 0.15) is 17.8 Å². The minimum Gasteiger partial charge on any atom is -0.393 e. The van der Waals surface area contributed by atoms with E-state index in [1.807, 2.05) is 43.3 Å². The fourth-order valence-electron chi connectivity index (χ4n) is 3.45. The van der Waals surface area contributed by atoms with Gasteiger partial charge in [0.2, 0.25) is 0 Å². The molecule has 0 bridgehead atoms. The number of aryl methyl sites for hydroxylation is 1. The van der Waals surface area contributed by atoms with E-state index in [1.165, 1.54) is 12.4 Å². The summed E-state index contributed by atoms with van der Waals surface area (Å²) in [7, 11) is 0. The molecule has 0 radical (unpaired) electrons. The second-order valence-corrected chi connectivity index (χ2v) is 6.82. The van der Waals surface area contributed by atoms with Gasteiger partial charge in [0, 0.05) is 31.9 Å². The molecule has 0 unspecified atom stereocenters. The third kappa shape index (κ3) is 3.55. The molecule has 2 heterocycles. The van der Waals surface area contributed by atoms with Gasteiger partial charge in [-0.1, -0.05) is 30.3 Å². The van der Waals surface area contributed by atoms with Crippen molar-refractivity contribution in [2.75, 3.05) is 47.0 Å². The number of nitrogens with zero attached hydrogens (tertiary/aromatic N) is 4. The highest BCUT2D eigenvalue weighted by atomic mass is 19.1. The zero-order chi connectivity index (χ0) is 19.5. The van der Waals surface area contributed by atoms with Crippen molar-refractivity contribution in [3.63, 3.8) is 0 Å². The maximum Gasteiger partial charge on any atom is 0.159 e. The highest BCUT2D eigenvalue weighted by Gasteiger charge is 2.22. The maximum atomic E-state index is 14.0. The molecule has 4 rings (SSSR count). The number of rotatable bonds is 4. The summed E-state index contributed by atoms with van der Waals surface area (Å²) in [5.41, 5.74) is 9.61. The first-order valence-corrected chi connectivity index (χ1v) is 9.31. The topological polar surface area (TPSA) is 70.3 Å². The molecule has 0 aliphatic carbocycles. The van der Waals surface area contributed by atoms with Gasteiger partial charge in [0.05, 0.1) is 5.69 Å². The quantitative estimate of drug-likeness (QED) is 0.723. The summed E-state index contributed by atoms with van der Waals surface area (Å²) >= 11 is 0. The molecule has 1 aromatic heterocycles. The summed E-state index contributed by atoms with van der Waals surface area (Å²) < 4.78 is 14.0. The highest BCUT2D eigenvalue weighted by Crippen LogP contribution is 2.30. The Balaban J connectivity index is 1.50. The molecule has 0 atom stereocenters. The minimum absolute atomic E-state index is 0.192. The first-order valence-electron chi connectivity index (χ1n) is 9.31. The standard InChI is InChI=1S/C21H23FN6/c1-15-6-2-4-8-17(15)26-20-19(23)21(25-14-24-20)28-12-10-27(11-13-28)18-9-5-3-7-16(18)22/h2-9,14H,10-13,23H2,1H3,(H,24,25,26). The number of nitrogens with two attached hydrogens (primary N) is 1. The second kappa shape index (κ2) is 7.72. The molecular weight excluding hydrogens is 355 g/mol. The van der Waals surface area contributed by atoms with E-state index in [0.717, 1.165) is 11.3 Å². The average Bonchev–Trinajstić information content (AvgIpc) is 2.72. The molecule has 0 spiro atoms. The van der Waals surface area contributed by atoms with Crippen LogP contribution in [0.25, 0.3) is 0 Å². The molecule has 7 heteroatoms. The lowest BCUT2D eigenvalue weighted by Gasteiger charge is -2.37. The number of halogens is 1. The molecule has 6 nitrogen and oxygen atoms in total. The van der Waals surface area contributed by atoms with E-state index >= 15 is 0 Å². The van der Waals surface area contributed by atoms with E-state index in [4.69, 9.17) is 5.73 Å². The number of piperazine rings is 1. The first kappa shape index (κ1) is 18.0. The summed E-state index contributed by atoms with van der Waals surface area (Å²) in [6.07, 6.45) is 1.52. The molecule has 28 heavy (non-hydrogen) atoms. The van der Waals surface area contributed by atoms with Gasteiger partial charge >= 0.3 is 0 Å². The molecule has 1 aliphatic rings. The van der Waals surface area contributed by atoms with Gasteiger partial charge in [-0.25, -0.2) is 14.4 Å². The van der Waals surface area contributed by atoms with Crippen LogP contribution in [0.4, 0.5) is 33.1 Å². The second-order valence-electron chi connectivity index (χ2n) is 6.82. The molecule has 0 saturated carbocycles. The lowest BCUT2D eigenvalue weighted by atomic mass is 10.2. The highest BCUT2D eigenvalue weighted by molar-refractivity contribution is 5.79. The van der Waals surface area contributed by atoms with Gasteiger partial charge in [-0.3, -0.25) is 0 Å². The molecule has 0 amide bonds. The number of para-hydroxylation sites is 2. The number of benzene rings is 2. The number of hydrogen-bond donors (Lipinski definition) is 2. The van der Waals surface area contributed by atoms with E-state index < -0.39 is 0 Å². The molecule has 1 saturated heterocycles. The smallest absolute Gasteiger partial charge is 0.159 e. The molecule has 1 fully saturated rings. The van der Waals surface area contributed by atoms with Crippen molar-refractivity contribution in [2.24, 2.45) is 0 Å². The molecule has 2 aromatic carbocycles. The Kier molecular flexibility index (Phi) is 4.97. The van der Waals surface area contributed by atoms with Crippen molar-refractivity contribution in [3.8, 4) is 0 Å². The number of nitrogens with one attached hydrogen (secondary N) is 1. The van der Waals surface area contributed by atoms with E-state index in [9.17, 15) is 4.39 Å². The monoisotopic (exact) mass is 378 g/mol. The van der Waals surface area contributed by atoms with Crippen LogP contribution in [0.15, 0.2) is 54.9 Å². The summed E-state index contributed by atoms with van der Waals surface area (Å²) in [6, 6.07) is 14.9. The van der Waals surface area contributed by atoms with Crippen LogP contribution in [0.1, 0.15) is 5.56 Å². The lowest BCUT2D eigenvalue weighted by molar-refractivity contribution is 0.596. The minimum atomic E-state index is -0.192. The summed E-state index contributed by atoms with van der Waals surface area (Å²) in [4.78, 5) is 12.9. The van der Waals surface area contributed by atoms with Crippen LogP contribution in [-0.4, -0.2) is 36.1 Å². The molecule has 144 valence electrons.